The molecular weight excluding hydrogens is 118 g/mol. The van der Waals surface area contributed by atoms with Crippen molar-refractivity contribution in [3.05, 3.63) is 0 Å². The Morgan fingerprint density at radius 2 is 1.22 bits per heavy atom. The summed E-state index contributed by atoms with van der Waals surface area (Å²) < 4.78 is 0. The smallest absolute Gasteiger partial charge is 0.115 e. The van der Waals surface area contributed by atoms with Gasteiger partial charge >= 0.3 is 0 Å². The maximum absolute atomic E-state index is 9.13. The molecule has 3 nitrogen and oxygen atoms in total. The number of aliphatic hydroxyl groups is 1. The van der Waals surface area contributed by atoms with Gasteiger partial charge in [-0.05, 0) is 6.92 Å². The lowest BCUT2D eigenvalue weighted by atomic mass is 9.85. The summed E-state index contributed by atoms with van der Waals surface area (Å²) in [6.45, 7) is 7.29. The molecule has 0 rings (SSSR count). The van der Waals surface area contributed by atoms with Crippen LogP contribution in [0.15, 0.2) is 0 Å². The molecule has 1 unspecified atom stereocenters. The fourth-order valence-corrected chi connectivity index (χ4v) is 0. The lowest BCUT2D eigenvalue weighted by Crippen LogP contribution is -2.48. The highest BCUT2D eigenvalue weighted by Gasteiger charge is 2.30. The van der Waals surface area contributed by atoms with E-state index >= 15 is 0 Å². The minimum absolute atomic E-state index is 0. The van der Waals surface area contributed by atoms with E-state index in [9.17, 15) is 0 Å². The van der Waals surface area contributed by atoms with E-state index in [-0.39, 0.29) is 10.9 Å². The highest BCUT2D eigenvalue weighted by atomic mass is 16.3. The molecular formula is C6H17NO2. The SMILES string of the molecule is CC(C)(C)C(C)(N)O.O. The zero-order chi connectivity index (χ0) is 7.00. The highest BCUT2D eigenvalue weighted by Crippen LogP contribution is 2.24. The minimum atomic E-state index is -1.06. The maximum atomic E-state index is 9.13. The molecule has 9 heavy (non-hydrogen) atoms. The first-order valence-corrected chi connectivity index (χ1v) is 2.76. The van der Waals surface area contributed by atoms with E-state index in [1.54, 1.807) is 6.92 Å². The van der Waals surface area contributed by atoms with Crippen molar-refractivity contribution in [3.8, 4) is 0 Å². The summed E-state index contributed by atoms with van der Waals surface area (Å²) in [5.41, 5.74) is 4.08. The Labute approximate surface area is 56.2 Å². The molecule has 0 aliphatic carbocycles. The quantitative estimate of drug-likeness (QED) is 0.454. The first-order chi connectivity index (χ1) is 3.25. The molecule has 0 aromatic rings. The van der Waals surface area contributed by atoms with Gasteiger partial charge in [-0.15, -0.1) is 0 Å². The van der Waals surface area contributed by atoms with Crippen molar-refractivity contribution in [2.75, 3.05) is 0 Å². The number of hydrogen-bond donors (Lipinski definition) is 2. The largest absolute Gasteiger partial charge is 0.412 e. The summed E-state index contributed by atoms with van der Waals surface area (Å²) in [7, 11) is 0. The molecule has 1 atom stereocenters. The second-order valence-electron chi connectivity index (χ2n) is 3.40. The molecule has 0 radical (unpaired) electrons. The van der Waals surface area contributed by atoms with E-state index in [1.165, 1.54) is 0 Å². The van der Waals surface area contributed by atoms with Crippen molar-refractivity contribution in [1.29, 1.82) is 0 Å². The Balaban J connectivity index is 0. The standard InChI is InChI=1S/C6H15NO.H2O/c1-5(2,3)6(4,7)8;/h8H,7H2,1-4H3;1H2. The molecule has 0 aromatic heterocycles. The molecule has 0 aromatic carbocycles. The second kappa shape index (κ2) is 2.64. The molecule has 3 heteroatoms. The van der Waals surface area contributed by atoms with Gasteiger partial charge in [0.05, 0.1) is 0 Å². The predicted octanol–water partition coefficient (Wildman–Crippen LogP) is -0.125. The first-order valence-electron chi connectivity index (χ1n) is 2.76. The van der Waals surface area contributed by atoms with E-state index in [2.05, 4.69) is 0 Å². The van der Waals surface area contributed by atoms with E-state index in [1.807, 2.05) is 20.8 Å². The molecule has 0 saturated heterocycles. The van der Waals surface area contributed by atoms with Crippen molar-refractivity contribution >= 4 is 0 Å². The summed E-state index contributed by atoms with van der Waals surface area (Å²) in [5.74, 6) is 0. The van der Waals surface area contributed by atoms with E-state index < -0.39 is 5.72 Å². The van der Waals surface area contributed by atoms with Crippen LogP contribution in [0, 0.1) is 5.41 Å². The summed E-state index contributed by atoms with van der Waals surface area (Å²) in [6.07, 6.45) is 0. The second-order valence-corrected chi connectivity index (χ2v) is 3.40. The van der Waals surface area contributed by atoms with Crippen LogP contribution in [0.3, 0.4) is 0 Å². The summed E-state index contributed by atoms with van der Waals surface area (Å²) >= 11 is 0. The average molecular weight is 135 g/mol. The van der Waals surface area contributed by atoms with Crippen LogP contribution in [0.4, 0.5) is 0 Å². The van der Waals surface area contributed by atoms with E-state index in [0.717, 1.165) is 0 Å². The lowest BCUT2D eigenvalue weighted by Gasteiger charge is -2.32. The molecule has 0 spiro atoms. The molecule has 0 bridgehead atoms. The van der Waals surface area contributed by atoms with Crippen molar-refractivity contribution < 1.29 is 10.6 Å². The number of nitrogens with two attached hydrogens (primary N) is 1. The molecule has 0 fully saturated rings. The number of rotatable bonds is 0. The van der Waals surface area contributed by atoms with Crippen LogP contribution in [-0.4, -0.2) is 16.3 Å². The van der Waals surface area contributed by atoms with Crippen LogP contribution >= 0.6 is 0 Å². The van der Waals surface area contributed by atoms with Crippen molar-refractivity contribution in [1.82, 2.24) is 0 Å². The van der Waals surface area contributed by atoms with Gasteiger partial charge in [-0.2, -0.15) is 0 Å². The van der Waals surface area contributed by atoms with Gasteiger partial charge < -0.3 is 16.3 Å². The normalized spacial score (nSPS) is 18.0. The van der Waals surface area contributed by atoms with Gasteiger partial charge in [0.25, 0.3) is 0 Å². The van der Waals surface area contributed by atoms with Gasteiger partial charge in [0.1, 0.15) is 5.72 Å². The molecule has 0 amide bonds. The van der Waals surface area contributed by atoms with Crippen LogP contribution in [0.1, 0.15) is 27.7 Å². The lowest BCUT2D eigenvalue weighted by molar-refractivity contribution is -0.0354. The van der Waals surface area contributed by atoms with E-state index in [4.69, 9.17) is 10.8 Å². The molecule has 0 saturated carbocycles. The fraction of sp³-hybridized carbons (Fsp3) is 1.00. The third-order valence-electron chi connectivity index (χ3n) is 1.52. The molecule has 58 valence electrons. The van der Waals surface area contributed by atoms with Crippen LogP contribution in [0.2, 0.25) is 0 Å². The summed E-state index contributed by atoms with van der Waals surface area (Å²) in [4.78, 5) is 0. The Bertz CT molecular complexity index is 66.0. The van der Waals surface area contributed by atoms with Gasteiger partial charge in [0, 0.05) is 5.41 Å². The molecule has 0 aliphatic rings. The van der Waals surface area contributed by atoms with Crippen molar-refractivity contribution in [3.63, 3.8) is 0 Å². The van der Waals surface area contributed by atoms with Gasteiger partial charge in [-0.3, -0.25) is 0 Å². The Morgan fingerprint density at radius 1 is 1.11 bits per heavy atom. The van der Waals surface area contributed by atoms with Crippen LogP contribution in [0.25, 0.3) is 0 Å². The summed E-state index contributed by atoms with van der Waals surface area (Å²) in [5, 5.41) is 9.13. The predicted molar refractivity (Wildman–Crippen MR) is 37.9 cm³/mol. The molecule has 0 aliphatic heterocycles. The van der Waals surface area contributed by atoms with Crippen LogP contribution in [0.5, 0.6) is 0 Å². The molecule has 0 heterocycles. The first kappa shape index (κ1) is 11.6. The average Bonchev–Trinajstić information content (AvgIpc) is 1.25. The highest BCUT2D eigenvalue weighted by molar-refractivity contribution is 4.79. The Hall–Kier alpha value is -0.120. The minimum Gasteiger partial charge on any atom is -0.412 e. The Morgan fingerprint density at radius 3 is 1.22 bits per heavy atom. The third-order valence-corrected chi connectivity index (χ3v) is 1.52. The van der Waals surface area contributed by atoms with Crippen molar-refractivity contribution in [2.24, 2.45) is 11.1 Å². The topological polar surface area (TPSA) is 77.8 Å². The van der Waals surface area contributed by atoms with Gasteiger partial charge in [-0.25, -0.2) is 0 Å². The van der Waals surface area contributed by atoms with Gasteiger partial charge in [0.15, 0.2) is 0 Å². The zero-order valence-corrected chi connectivity index (χ0v) is 6.52. The Kier molecular flexibility index (Phi) is 3.42. The van der Waals surface area contributed by atoms with Crippen molar-refractivity contribution in [2.45, 2.75) is 33.4 Å². The number of hydrogen-bond acceptors (Lipinski definition) is 2. The zero-order valence-electron chi connectivity index (χ0n) is 6.52. The third kappa shape index (κ3) is 3.46. The monoisotopic (exact) mass is 135 g/mol. The van der Waals surface area contributed by atoms with E-state index in [0.29, 0.717) is 0 Å². The maximum Gasteiger partial charge on any atom is 0.115 e. The van der Waals surface area contributed by atoms with Crippen LogP contribution < -0.4 is 5.73 Å². The summed E-state index contributed by atoms with van der Waals surface area (Å²) in [6, 6.07) is 0. The van der Waals surface area contributed by atoms with Gasteiger partial charge in [-0.1, -0.05) is 20.8 Å². The van der Waals surface area contributed by atoms with Crippen LogP contribution in [-0.2, 0) is 0 Å². The fourth-order valence-electron chi connectivity index (χ4n) is 0. The van der Waals surface area contributed by atoms with Gasteiger partial charge in [0.2, 0.25) is 0 Å². The molecule has 5 N–H and O–H groups in total.